The van der Waals surface area contributed by atoms with Crippen LogP contribution >= 0.6 is 11.8 Å². The number of thioether (sulfide) groups is 1. The highest BCUT2D eigenvalue weighted by atomic mass is 32.2. The Hall–Kier alpha value is -1.88. The van der Waals surface area contributed by atoms with Gasteiger partial charge in [0.05, 0.1) is 5.25 Å². The highest BCUT2D eigenvalue weighted by molar-refractivity contribution is 8.01. The summed E-state index contributed by atoms with van der Waals surface area (Å²) < 4.78 is 27.2. The lowest BCUT2D eigenvalue weighted by molar-refractivity contribution is -0.130. The summed E-state index contributed by atoms with van der Waals surface area (Å²) in [6, 6.07) is 13.1. The lowest BCUT2D eigenvalue weighted by Gasteiger charge is -2.24. The third kappa shape index (κ3) is 2.86. The van der Waals surface area contributed by atoms with Gasteiger partial charge in [0.1, 0.15) is 17.0 Å². The molecular formula is C17H15F2NOS. The molecule has 2 aromatic rings. The molecule has 1 amide bonds. The highest BCUT2D eigenvalue weighted by Crippen LogP contribution is 2.44. The van der Waals surface area contributed by atoms with Crippen LogP contribution in [-0.2, 0) is 11.3 Å². The summed E-state index contributed by atoms with van der Waals surface area (Å²) in [5.74, 6) is -1.25. The van der Waals surface area contributed by atoms with E-state index >= 15 is 0 Å². The molecule has 1 aliphatic heterocycles. The molecule has 1 heterocycles. The minimum absolute atomic E-state index is 0.0254. The van der Waals surface area contributed by atoms with Gasteiger partial charge in [0.15, 0.2) is 0 Å². The summed E-state index contributed by atoms with van der Waals surface area (Å²) in [5.41, 5.74) is 1.33. The minimum Gasteiger partial charge on any atom is -0.321 e. The van der Waals surface area contributed by atoms with E-state index in [0.29, 0.717) is 12.1 Å². The zero-order valence-electron chi connectivity index (χ0n) is 12.0. The molecule has 1 saturated heterocycles. The van der Waals surface area contributed by atoms with Crippen molar-refractivity contribution in [3.63, 3.8) is 0 Å². The van der Waals surface area contributed by atoms with Crippen LogP contribution in [0.1, 0.15) is 23.4 Å². The van der Waals surface area contributed by atoms with Crippen LogP contribution in [0.15, 0.2) is 48.5 Å². The molecule has 114 valence electrons. The SMILES string of the molecule is C[C@@H]1S[C@H](c2ccc(F)cc2F)N(Cc2ccccc2)C1=O. The topological polar surface area (TPSA) is 20.3 Å². The summed E-state index contributed by atoms with van der Waals surface area (Å²) in [7, 11) is 0. The van der Waals surface area contributed by atoms with Crippen LogP contribution in [0.25, 0.3) is 0 Å². The number of nitrogens with zero attached hydrogens (tertiary/aromatic N) is 1. The van der Waals surface area contributed by atoms with Gasteiger partial charge in [-0.15, -0.1) is 11.8 Å². The third-order valence-electron chi connectivity index (χ3n) is 3.67. The van der Waals surface area contributed by atoms with Crippen LogP contribution in [-0.4, -0.2) is 16.1 Å². The van der Waals surface area contributed by atoms with Gasteiger partial charge >= 0.3 is 0 Å². The Morgan fingerprint density at radius 1 is 1.14 bits per heavy atom. The predicted molar refractivity (Wildman–Crippen MR) is 83.1 cm³/mol. The second kappa shape index (κ2) is 6.08. The van der Waals surface area contributed by atoms with E-state index in [4.69, 9.17) is 0 Å². The quantitative estimate of drug-likeness (QED) is 0.848. The monoisotopic (exact) mass is 319 g/mol. The van der Waals surface area contributed by atoms with Crippen molar-refractivity contribution in [2.45, 2.75) is 24.1 Å². The number of hydrogen-bond acceptors (Lipinski definition) is 2. The molecular weight excluding hydrogens is 304 g/mol. The number of carbonyl (C=O) groups excluding carboxylic acids is 1. The van der Waals surface area contributed by atoms with Gasteiger partial charge in [0.2, 0.25) is 5.91 Å². The molecule has 2 atom stereocenters. The first-order valence-corrected chi connectivity index (χ1v) is 7.95. The van der Waals surface area contributed by atoms with Crippen LogP contribution in [0, 0.1) is 11.6 Å². The molecule has 1 aliphatic rings. The van der Waals surface area contributed by atoms with Crippen LogP contribution in [0.2, 0.25) is 0 Å². The summed E-state index contributed by atoms with van der Waals surface area (Å²) in [5, 5.41) is -0.665. The molecule has 0 aliphatic carbocycles. The van der Waals surface area contributed by atoms with E-state index in [1.807, 2.05) is 37.3 Å². The van der Waals surface area contributed by atoms with Crippen LogP contribution < -0.4 is 0 Å². The Bertz CT molecular complexity index is 692. The summed E-state index contributed by atoms with van der Waals surface area (Å²) >= 11 is 1.39. The fraction of sp³-hybridized carbons (Fsp3) is 0.235. The van der Waals surface area contributed by atoms with Gasteiger partial charge in [0, 0.05) is 18.2 Å². The van der Waals surface area contributed by atoms with Crippen molar-refractivity contribution < 1.29 is 13.6 Å². The molecule has 1 fully saturated rings. The predicted octanol–water partition coefficient (Wildman–Crippen LogP) is 4.13. The average molecular weight is 319 g/mol. The van der Waals surface area contributed by atoms with Crippen LogP contribution in [0.3, 0.4) is 0 Å². The normalized spacial score (nSPS) is 21.4. The first-order valence-electron chi connectivity index (χ1n) is 7.01. The van der Waals surface area contributed by atoms with Crippen molar-refractivity contribution in [2.24, 2.45) is 0 Å². The fourth-order valence-corrected chi connectivity index (χ4v) is 3.86. The number of rotatable bonds is 3. The van der Waals surface area contributed by atoms with Crippen molar-refractivity contribution in [1.82, 2.24) is 4.90 Å². The van der Waals surface area contributed by atoms with E-state index in [0.717, 1.165) is 11.6 Å². The Labute approximate surface area is 132 Å². The minimum atomic E-state index is -0.613. The summed E-state index contributed by atoms with van der Waals surface area (Å²) in [6.07, 6.45) is 0. The number of carbonyl (C=O) groups is 1. The molecule has 0 saturated carbocycles. The number of benzene rings is 2. The van der Waals surface area contributed by atoms with E-state index in [-0.39, 0.29) is 11.2 Å². The maximum Gasteiger partial charge on any atom is 0.236 e. The van der Waals surface area contributed by atoms with Gasteiger partial charge in [-0.25, -0.2) is 8.78 Å². The van der Waals surface area contributed by atoms with Gasteiger partial charge in [-0.2, -0.15) is 0 Å². The van der Waals surface area contributed by atoms with Gasteiger partial charge < -0.3 is 4.90 Å². The van der Waals surface area contributed by atoms with Gasteiger partial charge in [-0.05, 0) is 18.6 Å². The molecule has 0 bridgehead atoms. The van der Waals surface area contributed by atoms with E-state index in [2.05, 4.69) is 0 Å². The van der Waals surface area contributed by atoms with E-state index < -0.39 is 17.0 Å². The van der Waals surface area contributed by atoms with Crippen molar-refractivity contribution in [3.8, 4) is 0 Å². The second-order valence-electron chi connectivity index (χ2n) is 5.25. The molecule has 0 spiro atoms. The van der Waals surface area contributed by atoms with E-state index in [1.165, 1.54) is 23.9 Å². The van der Waals surface area contributed by atoms with Crippen molar-refractivity contribution >= 4 is 17.7 Å². The number of hydrogen-bond donors (Lipinski definition) is 0. The van der Waals surface area contributed by atoms with Gasteiger partial charge in [0.25, 0.3) is 0 Å². The molecule has 2 nitrogen and oxygen atoms in total. The Balaban J connectivity index is 1.93. The third-order valence-corrected chi connectivity index (χ3v) is 5.05. The van der Waals surface area contributed by atoms with Crippen LogP contribution in [0.5, 0.6) is 0 Å². The molecule has 0 radical (unpaired) electrons. The lowest BCUT2D eigenvalue weighted by atomic mass is 10.1. The zero-order chi connectivity index (χ0) is 15.7. The smallest absolute Gasteiger partial charge is 0.236 e. The van der Waals surface area contributed by atoms with Crippen molar-refractivity contribution in [1.29, 1.82) is 0 Å². The number of amides is 1. The standard InChI is InChI=1S/C17H15F2NOS/c1-11-16(21)20(10-12-5-3-2-4-6-12)17(22-11)14-8-7-13(18)9-15(14)19/h2-9,11,17H,10H2,1H3/t11-,17+/m0/s1. The molecule has 3 rings (SSSR count). The molecule has 0 aromatic heterocycles. The average Bonchev–Trinajstić information content (AvgIpc) is 2.77. The first-order chi connectivity index (χ1) is 10.6. The highest BCUT2D eigenvalue weighted by Gasteiger charge is 2.39. The fourth-order valence-electron chi connectivity index (χ4n) is 2.56. The van der Waals surface area contributed by atoms with E-state index in [1.54, 1.807) is 4.90 Å². The molecule has 0 unspecified atom stereocenters. The molecule has 0 N–H and O–H groups in total. The Morgan fingerprint density at radius 3 is 2.55 bits per heavy atom. The molecule has 22 heavy (non-hydrogen) atoms. The van der Waals surface area contributed by atoms with Gasteiger partial charge in [-0.3, -0.25) is 4.79 Å². The first kappa shape index (κ1) is 15.0. The molecule has 5 heteroatoms. The zero-order valence-corrected chi connectivity index (χ0v) is 12.8. The second-order valence-corrected chi connectivity index (χ2v) is 6.67. The number of halogens is 2. The van der Waals surface area contributed by atoms with Gasteiger partial charge in [-0.1, -0.05) is 36.4 Å². The maximum absolute atomic E-state index is 14.1. The molecule has 2 aromatic carbocycles. The lowest BCUT2D eigenvalue weighted by Crippen LogP contribution is -2.30. The van der Waals surface area contributed by atoms with Crippen molar-refractivity contribution in [2.75, 3.05) is 0 Å². The summed E-state index contributed by atoms with van der Waals surface area (Å²) in [4.78, 5) is 14.0. The Morgan fingerprint density at radius 2 is 1.86 bits per heavy atom. The maximum atomic E-state index is 14.1. The Kier molecular flexibility index (Phi) is 4.16. The largest absolute Gasteiger partial charge is 0.321 e. The van der Waals surface area contributed by atoms with Crippen LogP contribution in [0.4, 0.5) is 8.78 Å². The van der Waals surface area contributed by atoms with E-state index in [9.17, 15) is 13.6 Å². The summed E-state index contributed by atoms with van der Waals surface area (Å²) in [6.45, 7) is 2.23. The van der Waals surface area contributed by atoms with Crippen molar-refractivity contribution in [3.05, 3.63) is 71.3 Å².